The molecule has 0 bridgehead atoms. The van der Waals surface area contributed by atoms with Gasteiger partial charge in [0.15, 0.2) is 11.5 Å². The Morgan fingerprint density at radius 1 is 1.18 bits per heavy atom. The minimum absolute atomic E-state index is 0.152. The highest BCUT2D eigenvalue weighted by molar-refractivity contribution is 5.78. The second-order valence-corrected chi connectivity index (χ2v) is 4.07. The second kappa shape index (κ2) is 6.94. The molecule has 1 aliphatic rings. The number of fused-ring (bicyclic) bond motifs is 1. The molecule has 0 radical (unpaired) electrons. The fourth-order valence-corrected chi connectivity index (χ4v) is 1.34. The van der Waals surface area contributed by atoms with Crippen LogP contribution in [0.1, 0.15) is 39.2 Å². The first-order valence-electron chi connectivity index (χ1n) is 6.05. The maximum absolute atomic E-state index is 10.8. The smallest absolute Gasteiger partial charge is 0.231 e. The maximum atomic E-state index is 10.8. The van der Waals surface area contributed by atoms with Crippen molar-refractivity contribution in [3.63, 3.8) is 0 Å². The minimum atomic E-state index is 0.152. The summed E-state index contributed by atoms with van der Waals surface area (Å²) in [5.74, 6) is 1.64. The lowest BCUT2D eigenvalue weighted by atomic mass is 10.1. The topological polar surface area (TPSA) is 35.5 Å². The third-order valence-electron chi connectivity index (χ3n) is 2.39. The Hall–Kier alpha value is -1.51. The first-order chi connectivity index (χ1) is 8.17. The Kier molecular flexibility index (Phi) is 5.53. The highest BCUT2D eigenvalue weighted by Gasteiger charge is 2.13. The average Bonchev–Trinajstić information content (AvgIpc) is 2.76. The van der Waals surface area contributed by atoms with Gasteiger partial charge in [-0.1, -0.05) is 32.8 Å². The van der Waals surface area contributed by atoms with Crippen molar-refractivity contribution in [3.8, 4) is 11.5 Å². The number of benzene rings is 1. The molecule has 1 aromatic rings. The molecule has 17 heavy (non-hydrogen) atoms. The van der Waals surface area contributed by atoms with E-state index in [1.165, 1.54) is 12.8 Å². The van der Waals surface area contributed by atoms with E-state index < -0.39 is 0 Å². The molecule has 0 atom stereocenters. The lowest BCUT2D eigenvalue weighted by Crippen LogP contribution is -1.95. The fourth-order valence-electron chi connectivity index (χ4n) is 1.34. The number of carbonyl (C=O) groups is 1. The van der Waals surface area contributed by atoms with E-state index in [1.807, 2.05) is 18.2 Å². The van der Waals surface area contributed by atoms with Crippen LogP contribution < -0.4 is 9.47 Å². The van der Waals surface area contributed by atoms with Gasteiger partial charge >= 0.3 is 0 Å². The molecule has 0 saturated heterocycles. The Labute approximate surface area is 103 Å². The Bertz CT molecular complexity index is 370. The molecular weight excluding hydrogens is 216 g/mol. The van der Waals surface area contributed by atoms with Crippen LogP contribution in [0.25, 0.3) is 0 Å². The molecule has 0 fully saturated rings. The molecule has 0 saturated carbocycles. The van der Waals surface area contributed by atoms with Crippen LogP contribution in [0.3, 0.4) is 0 Å². The summed E-state index contributed by atoms with van der Waals surface area (Å²) in [6, 6.07) is 5.57. The zero-order valence-electron chi connectivity index (χ0n) is 10.8. The lowest BCUT2D eigenvalue weighted by molar-refractivity contribution is -0.116. The van der Waals surface area contributed by atoms with Crippen molar-refractivity contribution in [1.29, 1.82) is 0 Å². The van der Waals surface area contributed by atoms with E-state index in [1.54, 1.807) is 6.92 Å². The summed E-state index contributed by atoms with van der Waals surface area (Å²) in [4.78, 5) is 10.8. The summed E-state index contributed by atoms with van der Waals surface area (Å²) in [6.45, 7) is 6.21. The third kappa shape index (κ3) is 4.47. The number of ketones is 1. The van der Waals surface area contributed by atoms with Crippen molar-refractivity contribution in [1.82, 2.24) is 0 Å². The summed E-state index contributed by atoms with van der Waals surface area (Å²) in [5.41, 5.74) is 0.969. The molecule has 1 heterocycles. The molecule has 94 valence electrons. The van der Waals surface area contributed by atoms with Gasteiger partial charge in [0.05, 0.1) is 0 Å². The number of unbranched alkanes of at least 4 members (excludes halogenated alkanes) is 1. The van der Waals surface area contributed by atoms with Crippen molar-refractivity contribution >= 4 is 5.78 Å². The van der Waals surface area contributed by atoms with Crippen LogP contribution in [0, 0.1) is 0 Å². The van der Waals surface area contributed by atoms with Gasteiger partial charge in [0.25, 0.3) is 0 Å². The van der Waals surface area contributed by atoms with E-state index in [4.69, 9.17) is 9.47 Å². The van der Waals surface area contributed by atoms with Crippen LogP contribution in [0.15, 0.2) is 18.2 Å². The average molecular weight is 236 g/mol. The predicted octanol–water partition coefficient (Wildman–Crippen LogP) is 3.35. The standard InChI is InChI=1S/C10H10O3.C4H10/c1-7(11)4-8-2-3-9-10(5-8)13-6-12-9;1-3-4-2/h2-3,5H,4,6H2,1H3;3-4H2,1-2H3. The molecule has 3 nitrogen and oxygen atoms in total. The van der Waals surface area contributed by atoms with Crippen LogP contribution >= 0.6 is 0 Å². The zero-order valence-corrected chi connectivity index (χ0v) is 10.8. The van der Waals surface area contributed by atoms with Crippen molar-refractivity contribution in [2.24, 2.45) is 0 Å². The number of carbonyl (C=O) groups excluding carboxylic acids is 1. The van der Waals surface area contributed by atoms with Gasteiger partial charge in [0.1, 0.15) is 5.78 Å². The molecule has 0 amide bonds. The fraction of sp³-hybridized carbons (Fsp3) is 0.500. The molecule has 0 aromatic heterocycles. The van der Waals surface area contributed by atoms with Gasteiger partial charge in [-0.2, -0.15) is 0 Å². The zero-order chi connectivity index (χ0) is 12.7. The van der Waals surface area contributed by atoms with Gasteiger partial charge in [0, 0.05) is 6.42 Å². The van der Waals surface area contributed by atoms with E-state index in [2.05, 4.69) is 13.8 Å². The van der Waals surface area contributed by atoms with Crippen molar-refractivity contribution in [3.05, 3.63) is 23.8 Å². The van der Waals surface area contributed by atoms with Gasteiger partial charge in [-0.25, -0.2) is 0 Å². The molecule has 0 spiro atoms. The largest absolute Gasteiger partial charge is 0.454 e. The van der Waals surface area contributed by atoms with E-state index in [-0.39, 0.29) is 12.6 Å². The monoisotopic (exact) mass is 236 g/mol. The van der Waals surface area contributed by atoms with E-state index in [0.717, 1.165) is 17.1 Å². The normalized spacial score (nSPS) is 11.7. The molecule has 2 rings (SSSR count). The minimum Gasteiger partial charge on any atom is -0.454 e. The summed E-state index contributed by atoms with van der Waals surface area (Å²) in [6.07, 6.45) is 3.09. The molecule has 0 unspecified atom stereocenters. The second-order valence-electron chi connectivity index (χ2n) is 4.07. The van der Waals surface area contributed by atoms with Crippen LogP contribution in [0.5, 0.6) is 11.5 Å². The first-order valence-corrected chi connectivity index (χ1v) is 6.05. The van der Waals surface area contributed by atoms with E-state index >= 15 is 0 Å². The molecule has 0 aliphatic carbocycles. The van der Waals surface area contributed by atoms with Gasteiger partial charge in [-0.15, -0.1) is 0 Å². The number of rotatable bonds is 3. The SMILES string of the molecule is CC(=O)Cc1ccc2c(c1)OCO2.CCCC. The maximum Gasteiger partial charge on any atom is 0.231 e. The summed E-state index contributed by atoms with van der Waals surface area (Å²) in [7, 11) is 0. The lowest BCUT2D eigenvalue weighted by Gasteiger charge is -1.99. The summed E-state index contributed by atoms with van der Waals surface area (Å²) in [5, 5.41) is 0. The summed E-state index contributed by atoms with van der Waals surface area (Å²) < 4.78 is 10.3. The van der Waals surface area contributed by atoms with Gasteiger partial charge in [-0.3, -0.25) is 4.79 Å². The van der Waals surface area contributed by atoms with Gasteiger partial charge < -0.3 is 9.47 Å². The Morgan fingerprint density at radius 2 is 1.82 bits per heavy atom. The summed E-state index contributed by atoms with van der Waals surface area (Å²) >= 11 is 0. The Morgan fingerprint density at radius 3 is 2.41 bits per heavy atom. The quantitative estimate of drug-likeness (QED) is 0.807. The van der Waals surface area contributed by atoms with Crippen LogP contribution in [0.2, 0.25) is 0 Å². The van der Waals surface area contributed by atoms with Crippen LogP contribution in [-0.4, -0.2) is 12.6 Å². The van der Waals surface area contributed by atoms with Gasteiger partial charge in [0.2, 0.25) is 6.79 Å². The number of ether oxygens (including phenoxy) is 2. The van der Waals surface area contributed by atoms with Crippen molar-refractivity contribution in [2.45, 2.75) is 40.0 Å². The molecule has 1 aliphatic heterocycles. The molecule has 0 N–H and O–H groups in total. The van der Waals surface area contributed by atoms with Gasteiger partial charge in [-0.05, 0) is 24.6 Å². The van der Waals surface area contributed by atoms with Crippen molar-refractivity contribution in [2.75, 3.05) is 6.79 Å². The van der Waals surface area contributed by atoms with Crippen LogP contribution in [-0.2, 0) is 11.2 Å². The first kappa shape index (κ1) is 13.6. The molecule has 1 aromatic carbocycles. The number of hydrogen-bond acceptors (Lipinski definition) is 3. The number of hydrogen-bond donors (Lipinski definition) is 0. The molecule has 3 heteroatoms. The number of Topliss-reactive ketones (excluding diaryl/α,β-unsaturated/α-hetero) is 1. The third-order valence-corrected chi connectivity index (χ3v) is 2.39. The highest BCUT2D eigenvalue weighted by Crippen LogP contribution is 2.32. The predicted molar refractivity (Wildman–Crippen MR) is 67.5 cm³/mol. The van der Waals surface area contributed by atoms with Crippen molar-refractivity contribution < 1.29 is 14.3 Å². The molecular formula is C14H20O3. The highest BCUT2D eigenvalue weighted by atomic mass is 16.7. The van der Waals surface area contributed by atoms with E-state index in [0.29, 0.717) is 6.42 Å². The Balaban J connectivity index is 0.000000317. The van der Waals surface area contributed by atoms with E-state index in [9.17, 15) is 4.79 Å². The van der Waals surface area contributed by atoms with Crippen LogP contribution in [0.4, 0.5) is 0 Å².